The number of hydrogen-bond acceptors (Lipinski definition) is 5. The van der Waals surface area contributed by atoms with E-state index in [0.29, 0.717) is 11.6 Å². The van der Waals surface area contributed by atoms with Crippen molar-refractivity contribution in [2.24, 2.45) is 0 Å². The Kier molecular flexibility index (Phi) is 3.78. The van der Waals surface area contributed by atoms with Crippen LogP contribution in [0.3, 0.4) is 0 Å². The molecule has 0 aliphatic carbocycles. The lowest BCUT2D eigenvalue weighted by Crippen LogP contribution is -2.32. The van der Waals surface area contributed by atoms with E-state index < -0.39 is 0 Å². The maximum absolute atomic E-state index is 9.05. The minimum Gasteiger partial charge on any atom is -0.363 e. The summed E-state index contributed by atoms with van der Waals surface area (Å²) in [6, 6.07) is 3.85. The van der Waals surface area contributed by atoms with Gasteiger partial charge in [0.25, 0.3) is 0 Å². The second kappa shape index (κ2) is 5.32. The molecule has 1 aromatic rings. The van der Waals surface area contributed by atoms with Gasteiger partial charge in [0.15, 0.2) is 0 Å². The summed E-state index contributed by atoms with van der Waals surface area (Å²) < 4.78 is 0. The van der Waals surface area contributed by atoms with E-state index in [9.17, 15) is 0 Å². The van der Waals surface area contributed by atoms with Crippen LogP contribution in [0.4, 0.5) is 5.82 Å². The Balaban J connectivity index is 2.31. The van der Waals surface area contributed by atoms with Crippen molar-refractivity contribution < 1.29 is 0 Å². The van der Waals surface area contributed by atoms with Crippen LogP contribution in [-0.2, 0) is 0 Å². The molecule has 1 aliphatic heterocycles. The zero-order valence-corrected chi connectivity index (χ0v) is 11.2. The highest BCUT2D eigenvalue weighted by atomic mass is 15.2. The Morgan fingerprint density at radius 3 is 2.83 bits per heavy atom. The first-order valence-electron chi connectivity index (χ1n) is 6.25. The molecule has 0 radical (unpaired) electrons. The Morgan fingerprint density at radius 2 is 2.22 bits per heavy atom. The molecule has 1 saturated heterocycles. The molecule has 1 fully saturated rings. The molecule has 0 saturated carbocycles. The van der Waals surface area contributed by atoms with E-state index in [1.807, 2.05) is 19.0 Å². The van der Waals surface area contributed by atoms with E-state index in [4.69, 9.17) is 5.26 Å². The molecule has 18 heavy (non-hydrogen) atoms. The third-order valence-electron chi connectivity index (χ3n) is 3.29. The monoisotopic (exact) mass is 245 g/mol. The SMILES string of the molecule is CN1CCCC(c2nc(C#N)cc(N(C)C)n2)C1. The minimum atomic E-state index is 0.343. The van der Waals surface area contributed by atoms with Crippen molar-refractivity contribution in [3.63, 3.8) is 0 Å². The quantitative estimate of drug-likeness (QED) is 0.784. The standard InChI is InChI=1S/C13H19N5/c1-17(2)12-7-11(8-14)15-13(16-12)10-5-4-6-18(3)9-10/h7,10H,4-6,9H2,1-3H3. The number of likely N-dealkylation sites (tertiary alicyclic amines) is 1. The van der Waals surface area contributed by atoms with Gasteiger partial charge in [-0.2, -0.15) is 5.26 Å². The number of rotatable bonds is 2. The summed E-state index contributed by atoms with van der Waals surface area (Å²) >= 11 is 0. The van der Waals surface area contributed by atoms with Gasteiger partial charge in [0.2, 0.25) is 0 Å². The normalized spacial score (nSPS) is 20.4. The maximum Gasteiger partial charge on any atom is 0.146 e. The molecule has 5 nitrogen and oxygen atoms in total. The van der Waals surface area contributed by atoms with Gasteiger partial charge in [-0.3, -0.25) is 0 Å². The van der Waals surface area contributed by atoms with Crippen LogP contribution in [0.25, 0.3) is 0 Å². The Bertz CT molecular complexity index is 463. The predicted octanol–water partition coefficient (Wildman–Crippen LogP) is 1.22. The number of likely N-dealkylation sites (N-methyl/N-ethyl adjacent to an activating group) is 1. The molecule has 0 spiro atoms. The smallest absolute Gasteiger partial charge is 0.146 e. The number of aromatic nitrogens is 2. The number of nitriles is 1. The fourth-order valence-electron chi connectivity index (χ4n) is 2.30. The Hall–Kier alpha value is -1.67. The summed E-state index contributed by atoms with van der Waals surface area (Å²) in [7, 11) is 5.98. The molecule has 1 atom stereocenters. The molecule has 1 aromatic heterocycles. The van der Waals surface area contributed by atoms with Gasteiger partial charge < -0.3 is 9.80 Å². The van der Waals surface area contributed by atoms with Crippen LogP contribution in [-0.4, -0.2) is 49.1 Å². The van der Waals surface area contributed by atoms with Crippen molar-refractivity contribution in [2.45, 2.75) is 18.8 Å². The van der Waals surface area contributed by atoms with Gasteiger partial charge in [0.05, 0.1) is 0 Å². The van der Waals surface area contributed by atoms with E-state index in [2.05, 4.69) is 28.0 Å². The summed E-state index contributed by atoms with van der Waals surface area (Å²) in [5.74, 6) is 1.96. The van der Waals surface area contributed by atoms with Gasteiger partial charge in [-0.25, -0.2) is 9.97 Å². The number of piperidine rings is 1. The van der Waals surface area contributed by atoms with Crippen molar-refractivity contribution in [2.75, 3.05) is 39.1 Å². The lowest BCUT2D eigenvalue weighted by molar-refractivity contribution is 0.246. The first-order valence-corrected chi connectivity index (χ1v) is 6.25. The Labute approximate surface area is 108 Å². The predicted molar refractivity (Wildman–Crippen MR) is 70.5 cm³/mol. The lowest BCUT2D eigenvalue weighted by Gasteiger charge is -2.29. The maximum atomic E-state index is 9.05. The topological polar surface area (TPSA) is 56.1 Å². The third-order valence-corrected chi connectivity index (χ3v) is 3.29. The van der Waals surface area contributed by atoms with E-state index in [1.165, 1.54) is 6.42 Å². The fourth-order valence-corrected chi connectivity index (χ4v) is 2.30. The highest BCUT2D eigenvalue weighted by Gasteiger charge is 2.22. The van der Waals surface area contributed by atoms with E-state index in [1.54, 1.807) is 6.07 Å². The lowest BCUT2D eigenvalue weighted by atomic mass is 9.97. The number of hydrogen-bond donors (Lipinski definition) is 0. The molecular formula is C13H19N5. The zero-order chi connectivity index (χ0) is 13.1. The molecular weight excluding hydrogens is 226 g/mol. The van der Waals surface area contributed by atoms with Crippen LogP contribution in [0.15, 0.2) is 6.07 Å². The van der Waals surface area contributed by atoms with Crippen LogP contribution >= 0.6 is 0 Å². The van der Waals surface area contributed by atoms with Gasteiger partial charge in [0, 0.05) is 32.6 Å². The van der Waals surface area contributed by atoms with Gasteiger partial charge in [-0.15, -0.1) is 0 Å². The molecule has 0 bridgehead atoms. The first-order chi connectivity index (χ1) is 8.60. The van der Waals surface area contributed by atoms with Crippen molar-refractivity contribution in [3.8, 4) is 6.07 Å². The molecule has 1 aliphatic rings. The van der Waals surface area contributed by atoms with Crippen molar-refractivity contribution in [1.82, 2.24) is 14.9 Å². The Morgan fingerprint density at radius 1 is 1.44 bits per heavy atom. The summed E-state index contributed by atoms with van der Waals surface area (Å²) in [5, 5.41) is 9.05. The van der Waals surface area contributed by atoms with E-state index in [-0.39, 0.29) is 0 Å². The second-order valence-electron chi connectivity index (χ2n) is 5.08. The summed E-state index contributed by atoms with van der Waals surface area (Å²) in [6.07, 6.45) is 2.27. The van der Waals surface area contributed by atoms with Gasteiger partial charge in [0.1, 0.15) is 23.4 Å². The fraction of sp³-hybridized carbons (Fsp3) is 0.615. The molecule has 5 heteroatoms. The first kappa shape index (κ1) is 12.8. The summed E-state index contributed by atoms with van der Waals surface area (Å²) in [5.41, 5.74) is 0.455. The summed E-state index contributed by atoms with van der Waals surface area (Å²) in [6.45, 7) is 2.11. The molecule has 1 unspecified atom stereocenters. The van der Waals surface area contributed by atoms with Crippen LogP contribution in [0, 0.1) is 11.3 Å². The van der Waals surface area contributed by atoms with Gasteiger partial charge in [-0.1, -0.05) is 0 Å². The number of anilines is 1. The van der Waals surface area contributed by atoms with E-state index >= 15 is 0 Å². The average Bonchev–Trinajstić information content (AvgIpc) is 2.38. The minimum absolute atomic E-state index is 0.343. The van der Waals surface area contributed by atoms with Crippen LogP contribution in [0.2, 0.25) is 0 Å². The third kappa shape index (κ3) is 2.77. The highest BCUT2D eigenvalue weighted by Crippen LogP contribution is 2.25. The van der Waals surface area contributed by atoms with Crippen molar-refractivity contribution in [3.05, 3.63) is 17.6 Å². The van der Waals surface area contributed by atoms with Crippen LogP contribution < -0.4 is 4.90 Å². The van der Waals surface area contributed by atoms with Gasteiger partial charge in [-0.05, 0) is 26.4 Å². The van der Waals surface area contributed by atoms with Crippen molar-refractivity contribution >= 4 is 5.82 Å². The van der Waals surface area contributed by atoms with Gasteiger partial charge >= 0.3 is 0 Å². The highest BCUT2D eigenvalue weighted by molar-refractivity contribution is 5.41. The van der Waals surface area contributed by atoms with Crippen molar-refractivity contribution in [1.29, 1.82) is 5.26 Å². The molecule has 0 amide bonds. The molecule has 2 rings (SSSR count). The molecule has 96 valence electrons. The molecule has 0 aromatic carbocycles. The zero-order valence-electron chi connectivity index (χ0n) is 11.2. The van der Waals surface area contributed by atoms with Crippen LogP contribution in [0.5, 0.6) is 0 Å². The van der Waals surface area contributed by atoms with E-state index in [0.717, 1.165) is 31.2 Å². The number of nitrogens with zero attached hydrogens (tertiary/aromatic N) is 5. The average molecular weight is 245 g/mol. The second-order valence-corrected chi connectivity index (χ2v) is 5.08. The van der Waals surface area contributed by atoms with Crippen LogP contribution in [0.1, 0.15) is 30.3 Å². The largest absolute Gasteiger partial charge is 0.363 e. The molecule has 2 heterocycles. The summed E-state index contributed by atoms with van der Waals surface area (Å²) in [4.78, 5) is 13.2. The molecule has 0 N–H and O–H groups in total.